The van der Waals surface area contributed by atoms with Gasteiger partial charge in [0.2, 0.25) is 0 Å². The molecule has 35 heavy (non-hydrogen) atoms. The summed E-state index contributed by atoms with van der Waals surface area (Å²) in [5.41, 5.74) is 0.437. The number of hydrogen-bond acceptors (Lipinski definition) is 9. The second-order valence-electron chi connectivity index (χ2n) is 7.78. The van der Waals surface area contributed by atoms with Gasteiger partial charge in [-0.1, -0.05) is 6.92 Å². The molecule has 2 aromatic heterocycles. The minimum atomic E-state index is -0.278. The first-order valence-corrected chi connectivity index (χ1v) is 10.9. The molecule has 0 aliphatic heterocycles. The number of nitrogens with zero attached hydrogens (tertiary/aromatic N) is 3. The Balaban J connectivity index is 1.64. The molecule has 2 N–H and O–H groups in total. The highest BCUT2D eigenvalue weighted by Gasteiger charge is 2.15. The minimum absolute atomic E-state index is 0.278. The zero-order valence-electron chi connectivity index (χ0n) is 20.2. The highest BCUT2D eigenvalue weighted by atomic mass is 16.5. The number of hydrogen-bond donors (Lipinski definition) is 2. The highest BCUT2D eigenvalue weighted by molar-refractivity contribution is 5.82. The number of ether oxygens (including phenoxy) is 4. The molecule has 11 nitrogen and oxygen atoms in total. The highest BCUT2D eigenvalue weighted by Crippen LogP contribution is 2.31. The van der Waals surface area contributed by atoms with Crippen molar-refractivity contribution in [2.24, 2.45) is 0 Å². The third-order valence-corrected chi connectivity index (χ3v) is 5.71. The van der Waals surface area contributed by atoms with Crippen LogP contribution in [0.25, 0.3) is 21.8 Å². The molecule has 0 spiro atoms. The van der Waals surface area contributed by atoms with Crippen LogP contribution < -0.4 is 30.1 Å². The molecule has 0 aliphatic carbocycles. The molecule has 0 radical (unpaired) electrons. The summed E-state index contributed by atoms with van der Waals surface area (Å²) in [5.74, 6) is 2.84. The van der Waals surface area contributed by atoms with Crippen molar-refractivity contribution >= 4 is 21.8 Å². The Morgan fingerprint density at radius 1 is 0.686 bits per heavy atom. The van der Waals surface area contributed by atoms with E-state index in [0.717, 1.165) is 0 Å². The number of aromatic nitrogens is 4. The molecule has 0 unspecified atom stereocenters. The molecule has 0 saturated carbocycles. The van der Waals surface area contributed by atoms with E-state index in [1.165, 1.54) is 28.4 Å². The van der Waals surface area contributed by atoms with Gasteiger partial charge in [-0.2, -0.15) is 0 Å². The first-order chi connectivity index (χ1) is 16.9. The Morgan fingerprint density at radius 2 is 1.06 bits per heavy atom. The SMILES string of the molecule is CCN(Cc1nc2cc(OC)c(OC)cc2c(=O)[nH]1)Cc1nc2cc(OC)c(OC)cc2c(=O)[nH]1. The van der Waals surface area contributed by atoms with Crippen molar-refractivity contribution in [2.75, 3.05) is 35.0 Å². The largest absolute Gasteiger partial charge is 0.493 e. The van der Waals surface area contributed by atoms with Crippen molar-refractivity contribution in [3.05, 3.63) is 56.6 Å². The molecule has 4 rings (SSSR count). The number of nitrogens with one attached hydrogen (secondary N) is 2. The predicted octanol–water partition coefficient (Wildman–Crippen LogP) is 2.22. The summed E-state index contributed by atoms with van der Waals surface area (Å²) < 4.78 is 21.2. The zero-order valence-corrected chi connectivity index (χ0v) is 20.2. The maximum atomic E-state index is 12.7. The lowest BCUT2D eigenvalue weighted by Crippen LogP contribution is -2.27. The van der Waals surface area contributed by atoms with Gasteiger partial charge >= 0.3 is 0 Å². The Hall–Kier alpha value is -4.12. The van der Waals surface area contributed by atoms with Gasteiger partial charge in [-0.3, -0.25) is 14.5 Å². The van der Waals surface area contributed by atoms with Gasteiger partial charge in [-0.15, -0.1) is 0 Å². The predicted molar refractivity (Wildman–Crippen MR) is 131 cm³/mol. The van der Waals surface area contributed by atoms with E-state index >= 15 is 0 Å². The van der Waals surface area contributed by atoms with Crippen LogP contribution in [0.5, 0.6) is 23.0 Å². The second-order valence-corrected chi connectivity index (χ2v) is 7.78. The van der Waals surface area contributed by atoms with Gasteiger partial charge in [0.15, 0.2) is 23.0 Å². The molecule has 0 bridgehead atoms. The maximum absolute atomic E-state index is 12.7. The van der Waals surface area contributed by atoms with Crippen molar-refractivity contribution in [3.63, 3.8) is 0 Å². The fraction of sp³-hybridized carbons (Fsp3) is 0.333. The van der Waals surface area contributed by atoms with Gasteiger partial charge in [0.05, 0.1) is 63.3 Å². The lowest BCUT2D eigenvalue weighted by molar-refractivity contribution is 0.258. The molecule has 4 aromatic rings. The Bertz CT molecular complexity index is 1390. The number of H-pyrrole nitrogens is 2. The second kappa shape index (κ2) is 10.0. The van der Waals surface area contributed by atoms with E-state index in [9.17, 15) is 9.59 Å². The molecule has 0 atom stereocenters. The Kier molecular flexibility index (Phi) is 6.87. The van der Waals surface area contributed by atoms with Gasteiger partial charge < -0.3 is 28.9 Å². The number of fused-ring (bicyclic) bond motifs is 2. The molecule has 0 fully saturated rings. The van der Waals surface area contributed by atoms with E-state index in [1.54, 1.807) is 24.3 Å². The fourth-order valence-electron chi connectivity index (χ4n) is 3.88. The molecular formula is C24H27N5O6. The quantitative estimate of drug-likeness (QED) is 0.369. The van der Waals surface area contributed by atoms with Gasteiger partial charge in [-0.05, 0) is 18.7 Å². The molecule has 184 valence electrons. The summed E-state index contributed by atoms with van der Waals surface area (Å²) >= 11 is 0. The third-order valence-electron chi connectivity index (χ3n) is 5.71. The summed E-state index contributed by atoms with van der Waals surface area (Å²) in [5, 5.41) is 0.804. The van der Waals surface area contributed by atoms with Crippen LogP contribution in [0.1, 0.15) is 18.6 Å². The Labute approximate surface area is 200 Å². The van der Waals surface area contributed by atoms with Crippen molar-refractivity contribution in [1.82, 2.24) is 24.8 Å². The molecule has 11 heteroatoms. The van der Waals surface area contributed by atoms with Gasteiger partial charge in [0.25, 0.3) is 11.1 Å². The molecule has 2 aromatic carbocycles. The Morgan fingerprint density at radius 3 is 1.40 bits per heavy atom. The van der Waals surface area contributed by atoms with E-state index in [4.69, 9.17) is 18.9 Å². The van der Waals surface area contributed by atoms with Crippen molar-refractivity contribution in [1.29, 1.82) is 0 Å². The topological polar surface area (TPSA) is 132 Å². The van der Waals surface area contributed by atoms with Crippen LogP contribution in [-0.4, -0.2) is 59.8 Å². The molecule has 0 aliphatic rings. The smallest absolute Gasteiger partial charge is 0.258 e. The average Bonchev–Trinajstić information content (AvgIpc) is 2.86. The van der Waals surface area contributed by atoms with Crippen LogP contribution in [0.2, 0.25) is 0 Å². The van der Waals surface area contributed by atoms with Crippen LogP contribution >= 0.6 is 0 Å². The average molecular weight is 482 g/mol. The summed E-state index contributed by atoms with van der Waals surface area (Å²) in [6.07, 6.45) is 0. The zero-order chi connectivity index (χ0) is 25.1. The molecule has 0 saturated heterocycles. The number of methoxy groups -OCH3 is 4. The van der Waals surface area contributed by atoms with E-state index in [1.807, 2.05) is 11.8 Å². The summed E-state index contributed by atoms with van der Waals surface area (Å²) in [7, 11) is 6.08. The van der Waals surface area contributed by atoms with E-state index in [0.29, 0.717) is 76.1 Å². The summed E-state index contributed by atoms with van der Waals surface area (Å²) in [6.45, 7) is 3.27. The van der Waals surface area contributed by atoms with Crippen LogP contribution in [0.4, 0.5) is 0 Å². The van der Waals surface area contributed by atoms with Crippen LogP contribution in [0.3, 0.4) is 0 Å². The van der Waals surface area contributed by atoms with Crippen molar-refractivity contribution in [3.8, 4) is 23.0 Å². The lowest BCUT2D eigenvalue weighted by Gasteiger charge is -2.19. The summed E-state index contributed by atoms with van der Waals surface area (Å²) in [4.78, 5) is 42.3. The van der Waals surface area contributed by atoms with Crippen molar-refractivity contribution < 1.29 is 18.9 Å². The number of aromatic amines is 2. The lowest BCUT2D eigenvalue weighted by atomic mass is 10.2. The van der Waals surface area contributed by atoms with E-state index in [-0.39, 0.29) is 11.1 Å². The number of rotatable bonds is 9. The minimum Gasteiger partial charge on any atom is -0.493 e. The molecular weight excluding hydrogens is 454 g/mol. The molecule has 2 heterocycles. The standard InChI is InChI=1S/C24H27N5O6/c1-6-29(11-21-25-15-9-19(34-4)17(32-2)7-13(15)23(30)27-21)12-22-26-16-10-20(35-5)18(33-3)8-14(16)24(31)28-22/h7-10H,6,11-12H2,1-5H3,(H,25,27,30)(H,26,28,31). The maximum Gasteiger partial charge on any atom is 0.258 e. The van der Waals surface area contributed by atoms with Crippen LogP contribution in [0.15, 0.2) is 33.9 Å². The van der Waals surface area contributed by atoms with E-state index < -0.39 is 0 Å². The first kappa shape index (κ1) is 24.0. The van der Waals surface area contributed by atoms with Gasteiger partial charge in [-0.25, -0.2) is 9.97 Å². The van der Waals surface area contributed by atoms with E-state index in [2.05, 4.69) is 19.9 Å². The monoisotopic (exact) mass is 481 g/mol. The summed E-state index contributed by atoms with van der Waals surface area (Å²) in [6, 6.07) is 6.56. The van der Waals surface area contributed by atoms with Crippen LogP contribution in [-0.2, 0) is 13.1 Å². The first-order valence-electron chi connectivity index (χ1n) is 10.9. The van der Waals surface area contributed by atoms with Gasteiger partial charge in [0.1, 0.15) is 11.6 Å². The fourth-order valence-corrected chi connectivity index (χ4v) is 3.88. The van der Waals surface area contributed by atoms with Crippen molar-refractivity contribution in [2.45, 2.75) is 20.0 Å². The third kappa shape index (κ3) is 4.76. The number of benzene rings is 2. The normalized spacial score (nSPS) is 11.3. The molecule has 0 amide bonds. The van der Waals surface area contributed by atoms with Gasteiger partial charge in [0, 0.05) is 12.1 Å². The van der Waals surface area contributed by atoms with Crippen LogP contribution in [0, 0.1) is 0 Å².